The third kappa shape index (κ3) is 6.09. The second-order valence-corrected chi connectivity index (χ2v) is 5.36. The van der Waals surface area contributed by atoms with Crippen LogP contribution < -0.4 is 5.73 Å². The molecule has 0 aliphatic carbocycles. The van der Waals surface area contributed by atoms with Crippen molar-refractivity contribution in [3.63, 3.8) is 0 Å². The number of H-pyrrole nitrogens is 1. The van der Waals surface area contributed by atoms with Gasteiger partial charge in [-0.25, -0.2) is 4.98 Å². The van der Waals surface area contributed by atoms with Crippen molar-refractivity contribution < 1.29 is 9.90 Å². The molecule has 20 heavy (non-hydrogen) atoms. The number of imidazole rings is 1. The summed E-state index contributed by atoms with van der Waals surface area (Å²) >= 11 is 0. The Hall–Kier alpha value is -0.820. The first-order valence-electron chi connectivity index (χ1n) is 5.99. The molecule has 1 amide bonds. The molecule has 1 atom stereocenters. The van der Waals surface area contributed by atoms with E-state index in [2.05, 4.69) is 9.97 Å². The molecule has 0 spiro atoms. The van der Waals surface area contributed by atoms with E-state index >= 15 is 0 Å². The van der Waals surface area contributed by atoms with Gasteiger partial charge in [0.2, 0.25) is 5.91 Å². The van der Waals surface area contributed by atoms with E-state index in [1.165, 1.54) is 4.90 Å². The highest BCUT2D eigenvalue weighted by molar-refractivity contribution is 5.85. The summed E-state index contributed by atoms with van der Waals surface area (Å²) in [6, 6.07) is -0.598. The summed E-state index contributed by atoms with van der Waals surface area (Å²) in [4.78, 5) is 20.8. The lowest BCUT2D eigenvalue weighted by Crippen LogP contribution is -2.50. The van der Waals surface area contributed by atoms with E-state index in [0.717, 1.165) is 0 Å². The van der Waals surface area contributed by atoms with Crippen LogP contribution in [0, 0.1) is 5.41 Å². The minimum atomic E-state index is -0.598. The molecule has 1 aromatic rings. The number of rotatable bonds is 5. The Balaban J connectivity index is 0. The lowest BCUT2D eigenvalue weighted by atomic mass is 9.86. The molecule has 0 aromatic carbocycles. The molecule has 1 heterocycles. The first-order valence-corrected chi connectivity index (χ1v) is 5.99. The van der Waals surface area contributed by atoms with Crippen LogP contribution in [0.5, 0.6) is 0 Å². The Bertz CT molecular complexity index is 379. The molecule has 6 nitrogen and oxygen atoms in total. The van der Waals surface area contributed by atoms with Crippen LogP contribution in [0.25, 0.3) is 0 Å². The van der Waals surface area contributed by atoms with E-state index in [1.807, 2.05) is 20.8 Å². The van der Waals surface area contributed by atoms with Crippen molar-refractivity contribution >= 4 is 30.7 Å². The van der Waals surface area contributed by atoms with Gasteiger partial charge in [-0.15, -0.1) is 24.8 Å². The average molecular weight is 327 g/mol. The predicted molar refractivity (Wildman–Crippen MR) is 83.0 cm³/mol. The van der Waals surface area contributed by atoms with Crippen LogP contribution in [0.1, 0.15) is 26.6 Å². The third-order valence-electron chi connectivity index (χ3n) is 2.78. The second-order valence-electron chi connectivity index (χ2n) is 5.36. The van der Waals surface area contributed by atoms with Crippen LogP contribution in [-0.2, 0) is 11.3 Å². The van der Waals surface area contributed by atoms with Gasteiger partial charge in [-0.1, -0.05) is 20.8 Å². The van der Waals surface area contributed by atoms with Crippen molar-refractivity contribution in [2.75, 3.05) is 13.2 Å². The Morgan fingerprint density at radius 2 is 2.10 bits per heavy atom. The van der Waals surface area contributed by atoms with E-state index in [1.54, 1.807) is 12.4 Å². The number of nitrogens with zero attached hydrogens (tertiary/aromatic N) is 2. The lowest BCUT2D eigenvalue weighted by Gasteiger charge is -2.31. The molecule has 1 aromatic heterocycles. The van der Waals surface area contributed by atoms with Gasteiger partial charge in [-0.3, -0.25) is 4.79 Å². The van der Waals surface area contributed by atoms with Crippen LogP contribution in [0.2, 0.25) is 0 Å². The molecule has 118 valence electrons. The molecule has 0 aliphatic rings. The quantitative estimate of drug-likeness (QED) is 0.750. The van der Waals surface area contributed by atoms with Crippen LogP contribution in [0.15, 0.2) is 12.4 Å². The fraction of sp³-hybridized carbons (Fsp3) is 0.667. The number of carbonyl (C=O) groups excluding carboxylic acids is 1. The van der Waals surface area contributed by atoms with Crippen LogP contribution in [0.3, 0.4) is 0 Å². The molecule has 0 saturated heterocycles. The number of nitrogens with one attached hydrogen (secondary N) is 1. The van der Waals surface area contributed by atoms with Gasteiger partial charge < -0.3 is 20.7 Å². The van der Waals surface area contributed by atoms with E-state index in [9.17, 15) is 4.79 Å². The summed E-state index contributed by atoms with van der Waals surface area (Å²) in [7, 11) is 0. The first-order chi connectivity index (χ1) is 8.36. The van der Waals surface area contributed by atoms with Crippen molar-refractivity contribution in [1.82, 2.24) is 14.9 Å². The number of aromatic nitrogens is 2. The Labute approximate surface area is 132 Å². The summed E-state index contributed by atoms with van der Waals surface area (Å²) in [5.41, 5.74) is 5.64. The smallest absolute Gasteiger partial charge is 0.240 e. The van der Waals surface area contributed by atoms with Gasteiger partial charge in [0.15, 0.2) is 0 Å². The number of halogens is 2. The number of nitrogens with two attached hydrogens (primary N) is 1. The van der Waals surface area contributed by atoms with Crippen molar-refractivity contribution in [3.05, 3.63) is 18.2 Å². The molecule has 0 unspecified atom stereocenters. The van der Waals surface area contributed by atoms with Crippen LogP contribution in [-0.4, -0.2) is 45.1 Å². The number of aromatic amines is 1. The van der Waals surface area contributed by atoms with E-state index in [0.29, 0.717) is 12.4 Å². The Morgan fingerprint density at radius 1 is 1.50 bits per heavy atom. The molecule has 0 aliphatic heterocycles. The molecule has 4 N–H and O–H groups in total. The van der Waals surface area contributed by atoms with Gasteiger partial charge in [0.05, 0.1) is 19.2 Å². The monoisotopic (exact) mass is 326 g/mol. The zero-order valence-electron chi connectivity index (χ0n) is 12.0. The zero-order valence-corrected chi connectivity index (χ0v) is 13.6. The lowest BCUT2D eigenvalue weighted by molar-refractivity contribution is -0.136. The summed E-state index contributed by atoms with van der Waals surface area (Å²) in [5, 5.41) is 9.03. The number of amides is 1. The number of carbonyl (C=O) groups is 1. The normalized spacial score (nSPS) is 12.1. The van der Waals surface area contributed by atoms with Gasteiger partial charge in [0.1, 0.15) is 5.82 Å². The van der Waals surface area contributed by atoms with Gasteiger partial charge >= 0.3 is 0 Å². The molecule has 1 rings (SSSR count). The van der Waals surface area contributed by atoms with Crippen molar-refractivity contribution in [1.29, 1.82) is 0 Å². The van der Waals surface area contributed by atoms with Gasteiger partial charge in [-0.05, 0) is 5.41 Å². The Morgan fingerprint density at radius 3 is 2.50 bits per heavy atom. The summed E-state index contributed by atoms with van der Waals surface area (Å²) in [6.07, 6.45) is 3.32. The fourth-order valence-corrected chi connectivity index (χ4v) is 1.52. The largest absolute Gasteiger partial charge is 0.395 e. The Kier molecular flexibility index (Phi) is 9.86. The van der Waals surface area contributed by atoms with Crippen LogP contribution in [0.4, 0.5) is 0 Å². The van der Waals surface area contributed by atoms with Crippen molar-refractivity contribution in [2.45, 2.75) is 33.4 Å². The van der Waals surface area contributed by atoms with Crippen molar-refractivity contribution in [2.24, 2.45) is 11.1 Å². The third-order valence-corrected chi connectivity index (χ3v) is 2.78. The fourth-order valence-electron chi connectivity index (χ4n) is 1.52. The van der Waals surface area contributed by atoms with Gasteiger partial charge in [0.25, 0.3) is 0 Å². The maximum Gasteiger partial charge on any atom is 0.240 e. The number of aliphatic hydroxyl groups excluding tert-OH is 1. The number of hydrogen-bond donors (Lipinski definition) is 3. The molecule has 8 heteroatoms. The van der Waals surface area contributed by atoms with Gasteiger partial charge in [0, 0.05) is 18.9 Å². The minimum absolute atomic E-state index is 0. The summed E-state index contributed by atoms with van der Waals surface area (Å²) in [6.45, 7) is 6.24. The highest BCUT2D eigenvalue weighted by Gasteiger charge is 2.31. The van der Waals surface area contributed by atoms with E-state index in [4.69, 9.17) is 10.8 Å². The summed E-state index contributed by atoms with van der Waals surface area (Å²) in [5.74, 6) is 0.505. The molecule has 0 saturated carbocycles. The summed E-state index contributed by atoms with van der Waals surface area (Å²) < 4.78 is 0. The topological polar surface area (TPSA) is 95.2 Å². The first kappa shape index (κ1) is 21.5. The van der Waals surface area contributed by atoms with E-state index in [-0.39, 0.29) is 49.3 Å². The van der Waals surface area contributed by atoms with Crippen molar-refractivity contribution in [3.8, 4) is 0 Å². The van der Waals surface area contributed by atoms with E-state index < -0.39 is 6.04 Å². The maximum absolute atomic E-state index is 12.3. The second kappa shape index (κ2) is 9.18. The molecular weight excluding hydrogens is 303 g/mol. The highest BCUT2D eigenvalue weighted by atomic mass is 35.5. The zero-order chi connectivity index (χ0) is 13.8. The van der Waals surface area contributed by atoms with Gasteiger partial charge in [-0.2, -0.15) is 0 Å². The predicted octanol–water partition coefficient (Wildman–Crippen LogP) is 0.948. The molecule has 0 fully saturated rings. The maximum atomic E-state index is 12.3. The standard InChI is InChI=1S/C12H22N4O2.2ClH/c1-12(2,3)10(13)11(18)16(6-7-17)8-9-14-4-5-15-9;;/h4-5,10,17H,6-8,13H2,1-3H3,(H,14,15);2*1H/t10-;;/m1../s1. The molecular formula is C12H24Cl2N4O2. The number of hydrogen-bond acceptors (Lipinski definition) is 4. The molecule has 0 bridgehead atoms. The highest BCUT2D eigenvalue weighted by Crippen LogP contribution is 2.19. The van der Waals surface area contributed by atoms with Crippen LogP contribution >= 0.6 is 24.8 Å². The average Bonchev–Trinajstić information content (AvgIpc) is 2.78. The SMILES string of the molecule is CC(C)(C)[C@H](N)C(=O)N(CCO)Cc1ncc[nH]1.Cl.Cl. The number of aliphatic hydroxyl groups is 1. The molecule has 0 radical (unpaired) electrons. The minimum Gasteiger partial charge on any atom is -0.395 e.